The van der Waals surface area contributed by atoms with Crippen molar-refractivity contribution >= 4 is 53.1 Å². The van der Waals surface area contributed by atoms with Gasteiger partial charge in [0, 0.05) is 27.7 Å². The van der Waals surface area contributed by atoms with Crippen LogP contribution in [0.15, 0.2) is 24.3 Å². The van der Waals surface area contributed by atoms with E-state index in [0.29, 0.717) is 10.7 Å². The first-order valence-electron chi connectivity index (χ1n) is 9.55. The number of carbonyl (C=O) groups excluding carboxylic acids is 4. The standard InChI is InChI=1S/C20H24ClNO9S/c1-10(23)27-9-16-17(28-11(2)24)18(29-12(3)25)19(30-13(4)26)20(31-16)32-22-15-8-6-5-7-14(15)21/h5-8,16-20,22H,9H2,1-4H3/t16-,17-,18+,19-,20+/m1/s1. The van der Waals surface area contributed by atoms with Gasteiger partial charge in [-0.05, 0) is 24.1 Å². The molecule has 1 aliphatic heterocycles. The van der Waals surface area contributed by atoms with E-state index in [1.165, 1.54) is 13.8 Å². The van der Waals surface area contributed by atoms with Gasteiger partial charge in [0.1, 0.15) is 12.7 Å². The van der Waals surface area contributed by atoms with Crippen LogP contribution in [0.3, 0.4) is 0 Å². The maximum atomic E-state index is 11.8. The summed E-state index contributed by atoms with van der Waals surface area (Å²) in [5.41, 5.74) is -0.390. The van der Waals surface area contributed by atoms with Crippen LogP contribution in [0.25, 0.3) is 0 Å². The zero-order valence-electron chi connectivity index (χ0n) is 17.9. The highest BCUT2D eigenvalue weighted by atomic mass is 35.5. The van der Waals surface area contributed by atoms with Crippen molar-refractivity contribution in [3.63, 3.8) is 0 Å². The molecule has 0 unspecified atom stereocenters. The third kappa shape index (κ3) is 7.57. The predicted octanol–water partition coefficient (Wildman–Crippen LogP) is 2.48. The normalized spacial score (nSPS) is 24.7. The van der Waals surface area contributed by atoms with Crippen LogP contribution in [0.2, 0.25) is 5.02 Å². The van der Waals surface area contributed by atoms with Crippen LogP contribution in [0.5, 0.6) is 0 Å². The van der Waals surface area contributed by atoms with Gasteiger partial charge in [-0.2, -0.15) is 0 Å². The number of hydrogen-bond acceptors (Lipinski definition) is 11. The Bertz CT molecular complexity index is 852. The van der Waals surface area contributed by atoms with Crippen molar-refractivity contribution in [1.29, 1.82) is 0 Å². The molecule has 32 heavy (non-hydrogen) atoms. The zero-order valence-corrected chi connectivity index (χ0v) is 19.4. The number of anilines is 1. The monoisotopic (exact) mass is 489 g/mol. The second-order valence-electron chi connectivity index (χ2n) is 6.77. The molecule has 0 bridgehead atoms. The molecule has 1 fully saturated rings. The summed E-state index contributed by atoms with van der Waals surface area (Å²) >= 11 is 7.17. The van der Waals surface area contributed by atoms with E-state index in [9.17, 15) is 19.2 Å². The minimum absolute atomic E-state index is 0.291. The number of esters is 4. The average molecular weight is 490 g/mol. The summed E-state index contributed by atoms with van der Waals surface area (Å²) in [6.45, 7) is 4.42. The highest BCUT2D eigenvalue weighted by Crippen LogP contribution is 2.35. The van der Waals surface area contributed by atoms with E-state index in [1.807, 2.05) is 0 Å². The number of ether oxygens (including phenoxy) is 5. The van der Waals surface area contributed by atoms with Crippen LogP contribution in [0.4, 0.5) is 5.69 Å². The molecule has 0 radical (unpaired) electrons. The lowest BCUT2D eigenvalue weighted by atomic mass is 9.99. The highest BCUT2D eigenvalue weighted by Gasteiger charge is 2.52. The van der Waals surface area contributed by atoms with E-state index in [4.69, 9.17) is 35.3 Å². The van der Waals surface area contributed by atoms with Crippen molar-refractivity contribution in [2.45, 2.75) is 57.5 Å². The van der Waals surface area contributed by atoms with Crippen LogP contribution in [0.1, 0.15) is 27.7 Å². The lowest BCUT2D eigenvalue weighted by molar-refractivity contribution is -0.237. The van der Waals surface area contributed by atoms with Gasteiger partial charge in [-0.25, -0.2) is 0 Å². The van der Waals surface area contributed by atoms with Crippen LogP contribution >= 0.6 is 23.5 Å². The fourth-order valence-electron chi connectivity index (χ4n) is 2.95. The molecule has 1 heterocycles. The number of rotatable bonds is 8. The van der Waals surface area contributed by atoms with Crippen molar-refractivity contribution in [2.24, 2.45) is 0 Å². The maximum absolute atomic E-state index is 11.8. The quantitative estimate of drug-likeness (QED) is 0.328. The Labute approximate surface area is 194 Å². The molecular weight excluding hydrogens is 466 g/mol. The second kappa shape index (κ2) is 11.9. The second-order valence-corrected chi connectivity index (χ2v) is 8.08. The van der Waals surface area contributed by atoms with Gasteiger partial charge in [0.25, 0.3) is 0 Å². The number of para-hydroxylation sites is 1. The Balaban J connectivity index is 2.37. The smallest absolute Gasteiger partial charge is 0.303 e. The SMILES string of the molecule is CC(=O)OC[C@H]1O[C@@H](SNc2ccccc2Cl)[C@H](OC(C)=O)[C@@H](OC(C)=O)[C@@H]1OC(C)=O. The summed E-state index contributed by atoms with van der Waals surface area (Å²) in [4.78, 5) is 46.7. The van der Waals surface area contributed by atoms with Crippen molar-refractivity contribution in [2.75, 3.05) is 11.3 Å². The van der Waals surface area contributed by atoms with Crippen LogP contribution in [-0.2, 0) is 42.9 Å². The van der Waals surface area contributed by atoms with E-state index in [1.54, 1.807) is 24.3 Å². The fraction of sp³-hybridized carbons (Fsp3) is 0.500. The summed E-state index contributed by atoms with van der Waals surface area (Å²) in [7, 11) is 0. The number of nitrogens with one attached hydrogen (secondary N) is 1. The van der Waals surface area contributed by atoms with E-state index >= 15 is 0 Å². The molecule has 0 amide bonds. The first kappa shape index (κ1) is 25.8. The van der Waals surface area contributed by atoms with Gasteiger partial charge in [-0.15, -0.1) is 0 Å². The molecule has 1 N–H and O–H groups in total. The Morgan fingerprint density at radius 2 is 1.47 bits per heavy atom. The fourth-order valence-corrected chi connectivity index (χ4v) is 4.15. The third-order valence-electron chi connectivity index (χ3n) is 4.11. The Morgan fingerprint density at radius 1 is 0.906 bits per heavy atom. The number of benzene rings is 1. The molecule has 2 rings (SSSR count). The van der Waals surface area contributed by atoms with Gasteiger partial charge in [0.15, 0.2) is 23.7 Å². The Hall–Kier alpha value is -2.50. The van der Waals surface area contributed by atoms with Crippen LogP contribution < -0.4 is 4.72 Å². The molecule has 5 atom stereocenters. The number of carbonyl (C=O) groups is 4. The Morgan fingerprint density at radius 3 is 2.03 bits per heavy atom. The molecule has 0 aliphatic carbocycles. The van der Waals surface area contributed by atoms with Gasteiger partial charge < -0.3 is 28.4 Å². The van der Waals surface area contributed by atoms with E-state index in [0.717, 1.165) is 25.8 Å². The van der Waals surface area contributed by atoms with E-state index < -0.39 is 53.7 Å². The summed E-state index contributed by atoms with van der Waals surface area (Å²) in [5.74, 6) is -2.63. The highest BCUT2D eigenvalue weighted by molar-refractivity contribution is 8.01. The minimum Gasteiger partial charge on any atom is -0.463 e. The first-order chi connectivity index (χ1) is 15.1. The van der Waals surface area contributed by atoms with Crippen molar-refractivity contribution in [3.8, 4) is 0 Å². The molecule has 0 aromatic heterocycles. The molecule has 0 saturated carbocycles. The summed E-state index contributed by atoms with van der Waals surface area (Å²) in [5, 5.41) is 0.436. The zero-order chi connectivity index (χ0) is 23.8. The molecule has 176 valence electrons. The molecule has 1 aliphatic rings. The minimum atomic E-state index is -1.22. The summed E-state index contributed by atoms with van der Waals surface area (Å²) < 4.78 is 30.1. The molecule has 0 spiro atoms. The van der Waals surface area contributed by atoms with Gasteiger partial charge in [0.2, 0.25) is 0 Å². The molecule has 1 aromatic rings. The van der Waals surface area contributed by atoms with Gasteiger partial charge >= 0.3 is 23.9 Å². The van der Waals surface area contributed by atoms with Crippen molar-refractivity contribution in [1.82, 2.24) is 0 Å². The molecular formula is C20H24ClNO9S. The predicted molar refractivity (Wildman–Crippen MR) is 115 cm³/mol. The third-order valence-corrected chi connectivity index (χ3v) is 5.39. The van der Waals surface area contributed by atoms with Crippen LogP contribution in [0, 0.1) is 0 Å². The van der Waals surface area contributed by atoms with E-state index in [2.05, 4.69) is 4.72 Å². The largest absolute Gasteiger partial charge is 0.463 e. The van der Waals surface area contributed by atoms with Crippen LogP contribution in [-0.4, -0.2) is 60.3 Å². The lowest BCUT2D eigenvalue weighted by Crippen LogP contribution is -2.61. The van der Waals surface area contributed by atoms with Gasteiger partial charge in [0.05, 0.1) is 10.7 Å². The summed E-state index contributed by atoms with van der Waals surface area (Å²) in [6, 6.07) is 6.92. The molecule has 12 heteroatoms. The molecule has 1 aromatic carbocycles. The summed E-state index contributed by atoms with van der Waals surface area (Å²) in [6.07, 6.45) is -4.59. The maximum Gasteiger partial charge on any atom is 0.303 e. The van der Waals surface area contributed by atoms with E-state index in [-0.39, 0.29) is 6.61 Å². The van der Waals surface area contributed by atoms with Crippen molar-refractivity contribution in [3.05, 3.63) is 29.3 Å². The van der Waals surface area contributed by atoms with Crippen molar-refractivity contribution < 1.29 is 42.9 Å². The van der Waals surface area contributed by atoms with Gasteiger partial charge in [-0.3, -0.25) is 19.2 Å². The number of hydrogen-bond donors (Lipinski definition) is 1. The lowest BCUT2D eigenvalue weighted by Gasteiger charge is -2.44. The average Bonchev–Trinajstić information content (AvgIpc) is 2.68. The number of halogens is 1. The topological polar surface area (TPSA) is 126 Å². The van der Waals surface area contributed by atoms with Gasteiger partial charge in [-0.1, -0.05) is 23.7 Å². The molecule has 1 saturated heterocycles. The first-order valence-corrected chi connectivity index (χ1v) is 10.8. The Kier molecular flexibility index (Phi) is 9.60. The molecule has 10 nitrogen and oxygen atoms in total.